The number of anilines is 3. The number of rotatable bonds is 4. The lowest BCUT2D eigenvalue weighted by Crippen LogP contribution is -2.09. The molecule has 0 aromatic heterocycles. The van der Waals surface area contributed by atoms with E-state index >= 15 is 0 Å². The molecule has 2 aromatic rings. The minimum absolute atomic E-state index is 0.0831. The molecule has 0 saturated heterocycles. The quantitative estimate of drug-likeness (QED) is 0.840. The number of halogens is 3. The zero-order valence-corrected chi connectivity index (χ0v) is 12.4. The molecule has 0 aliphatic carbocycles. The van der Waals surface area contributed by atoms with Crippen molar-refractivity contribution in [1.29, 1.82) is 0 Å². The van der Waals surface area contributed by atoms with Crippen molar-refractivity contribution in [3.05, 3.63) is 53.6 Å². The summed E-state index contributed by atoms with van der Waals surface area (Å²) in [6, 6.07) is 11.2. The molecule has 0 amide bonds. The molecule has 0 heterocycles. The van der Waals surface area contributed by atoms with Gasteiger partial charge in [-0.05, 0) is 35.9 Å². The molecule has 118 valence electrons. The summed E-state index contributed by atoms with van der Waals surface area (Å²) >= 11 is 0. The Labute approximate surface area is 127 Å². The monoisotopic (exact) mass is 309 g/mol. The lowest BCUT2D eigenvalue weighted by atomic mass is 10.1. The van der Waals surface area contributed by atoms with E-state index in [0.717, 1.165) is 23.4 Å². The Morgan fingerprint density at radius 3 is 2.18 bits per heavy atom. The van der Waals surface area contributed by atoms with E-state index in [4.69, 9.17) is 5.73 Å². The second kappa shape index (κ2) is 6.17. The van der Waals surface area contributed by atoms with E-state index in [1.165, 1.54) is 6.07 Å². The van der Waals surface area contributed by atoms with Crippen molar-refractivity contribution in [2.45, 2.75) is 12.7 Å². The van der Waals surface area contributed by atoms with E-state index in [9.17, 15) is 13.2 Å². The molecule has 0 fully saturated rings. The second-order valence-corrected chi connectivity index (χ2v) is 5.21. The first-order valence-electron chi connectivity index (χ1n) is 6.74. The fraction of sp³-hybridized carbons (Fsp3) is 0.250. The van der Waals surface area contributed by atoms with Gasteiger partial charge in [-0.25, -0.2) is 0 Å². The molecule has 0 unspecified atom stereocenters. The Bertz CT molecular complexity index is 634. The molecular weight excluding hydrogens is 291 g/mol. The molecule has 2 aromatic carbocycles. The number of nitrogen functional groups attached to an aromatic ring is 1. The third-order valence-corrected chi connectivity index (χ3v) is 3.31. The third kappa shape index (κ3) is 3.84. The normalized spacial score (nSPS) is 11.3. The maximum atomic E-state index is 12.6. The van der Waals surface area contributed by atoms with Gasteiger partial charge >= 0.3 is 6.18 Å². The predicted octanol–water partition coefficient (Wildman–Crippen LogP) is 3.97. The van der Waals surface area contributed by atoms with Crippen molar-refractivity contribution < 1.29 is 13.2 Å². The van der Waals surface area contributed by atoms with Crippen LogP contribution in [0.2, 0.25) is 0 Å². The highest BCUT2D eigenvalue weighted by Gasteiger charge is 2.30. The summed E-state index contributed by atoms with van der Waals surface area (Å²) in [6.45, 7) is 0.489. The maximum Gasteiger partial charge on any atom is 0.416 e. The molecule has 0 spiro atoms. The molecule has 22 heavy (non-hydrogen) atoms. The lowest BCUT2D eigenvalue weighted by molar-refractivity contribution is -0.137. The molecule has 3 N–H and O–H groups in total. The first-order valence-corrected chi connectivity index (χ1v) is 6.74. The second-order valence-electron chi connectivity index (χ2n) is 5.21. The summed E-state index contributed by atoms with van der Waals surface area (Å²) in [7, 11) is 3.91. The molecule has 0 atom stereocenters. The van der Waals surface area contributed by atoms with E-state index in [1.807, 2.05) is 43.3 Å². The lowest BCUT2D eigenvalue weighted by Gasteiger charge is -2.14. The summed E-state index contributed by atoms with van der Waals surface area (Å²) in [5.41, 5.74) is 7.61. The standard InChI is InChI=1S/C16H18F3N3/c1-22(2)13-6-3-11(4-7-13)10-21-15-8-5-12(9-14(15)20)16(17,18)19/h3-9,21H,10,20H2,1-2H3. The van der Waals surface area contributed by atoms with Gasteiger partial charge in [-0.15, -0.1) is 0 Å². The van der Waals surface area contributed by atoms with Crippen molar-refractivity contribution in [2.24, 2.45) is 0 Å². The third-order valence-electron chi connectivity index (χ3n) is 3.31. The van der Waals surface area contributed by atoms with Gasteiger partial charge in [0.15, 0.2) is 0 Å². The van der Waals surface area contributed by atoms with Crippen molar-refractivity contribution in [1.82, 2.24) is 0 Å². The molecule has 3 nitrogen and oxygen atoms in total. The Hall–Kier alpha value is -2.37. The van der Waals surface area contributed by atoms with Gasteiger partial charge < -0.3 is 16.0 Å². The number of benzene rings is 2. The maximum absolute atomic E-state index is 12.6. The Morgan fingerprint density at radius 2 is 1.68 bits per heavy atom. The molecule has 6 heteroatoms. The minimum Gasteiger partial charge on any atom is -0.397 e. The zero-order chi connectivity index (χ0) is 16.3. The van der Waals surface area contributed by atoms with Crippen LogP contribution < -0.4 is 16.0 Å². The summed E-state index contributed by atoms with van der Waals surface area (Å²) in [5, 5.41) is 3.05. The van der Waals surface area contributed by atoms with Crippen LogP contribution in [0.5, 0.6) is 0 Å². The van der Waals surface area contributed by atoms with Gasteiger partial charge in [0.1, 0.15) is 0 Å². The van der Waals surface area contributed by atoms with Crippen LogP contribution in [0.25, 0.3) is 0 Å². The van der Waals surface area contributed by atoms with Gasteiger partial charge in [0.2, 0.25) is 0 Å². The van der Waals surface area contributed by atoms with Crippen LogP contribution in [-0.2, 0) is 12.7 Å². The molecular formula is C16H18F3N3. The van der Waals surface area contributed by atoms with Crippen LogP contribution in [0, 0.1) is 0 Å². The van der Waals surface area contributed by atoms with Gasteiger partial charge in [-0.3, -0.25) is 0 Å². The van der Waals surface area contributed by atoms with E-state index in [2.05, 4.69) is 5.32 Å². The van der Waals surface area contributed by atoms with Crippen molar-refractivity contribution in [3.8, 4) is 0 Å². The number of nitrogens with zero attached hydrogens (tertiary/aromatic N) is 1. The van der Waals surface area contributed by atoms with Gasteiger partial charge in [0.05, 0.1) is 16.9 Å². The van der Waals surface area contributed by atoms with E-state index in [1.54, 1.807) is 0 Å². The largest absolute Gasteiger partial charge is 0.416 e. The average Bonchev–Trinajstić information content (AvgIpc) is 2.45. The fourth-order valence-corrected chi connectivity index (χ4v) is 2.01. The highest BCUT2D eigenvalue weighted by atomic mass is 19.4. The Morgan fingerprint density at radius 1 is 1.05 bits per heavy atom. The molecule has 0 bridgehead atoms. The van der Waals surface area contributed by atoms with Crippen LogP contribution in [0.1, 0.15) is 11.1 Å². The van der Waals surface area contributed by atoms with Crippen LogP contribution >= 0.6 is 0 Å². The fourth-order valence-electron chi connectivity index (χ4n) is 2.01. The van der Waals surface area contributed by atoms with Gasteiger partial charge in [0.25, 0.3) is 0 Å². The van der Waals surface area contributed by atoms with Crippen molar-refractivity contribution in [2.75, 3.05) is 30.0 Å². The Balaban J connectivity index is 2.05. The summed E-state index contributed by atoms with van der Waals surface area (Å²) in [6.07, 6.45) is -4.38. The first kappa shape index (κ1) is 16.0. The summed E-state index contributed by atoms with van der Waals surface area (Å²) in [5.74, 6) is 0. The summed E-state index contributed by atoms with van der Waals surface area (Å²) < 4.78 is 37.7. The van der Waals surface area contributed by atoms with Gasteiger partial charge in [0, 0.05) is 26.3 Å². The summed E-state index contributed by atoms with van der Waals surface area (Å²) in [4.78, 5) is 1.99. The first-order chi connectivity index (χ1) is 10.3. The number of hydrogen-bond donors (Lipinski definition) is 2. The van der Waals surface area contributed by atoms with E-state index < -0.39 is 11.7 Å². The smallest absolute Gasteiger partial charge is 0.397 e. The van der Waals surface area contributed by atoms with Gasteiger partial charge in [-0.2, -0.15) is 13.2 Å². The molecule has 2 rings (SSSR count). The van der Waals surface area contributed by atoms with Crippen molar-refractivity contribution >= 4 is 17.1 Å². The molecule has 0 radical (unpaired) electrons. The number of hydrogen-bond acceptors (Lipinski definition) is 3. The van der Waals surface area contributed by atoms with Crippen LogP contribution in [0.15, 0.2) is 42.5 Å². The van der Waals surface area contributed by atoms with Crippen LogP contribution in [-0.4, -0.2) is 14.1 Å². The minimum atomic E-state index is -4.38. The van der Waals surface area contributed by atoms with E-state index in [-0.39, 0.29) is 5.69 Å². The van der Waals surface area contributed by atoms with Gasteiger partial charge in [-0.1, -0.05) is 12.1 Å². The molecule has 0 aliphatic rings. The van der Waals surface area contributed by atoms with Crippen LogP contribution in [0.4, 0.5) is 30.2 Å². The van der Waals surface area contributed by atoms with Crippen molar-refractivity contribution in [3.63, 3.8) is 0 Å². The highest BCUT2D eigenvalue weighted by Crippen LogP contribution is 2.32. The zero-order valence-electron chi connectivity index (χ0n) is 12.4. The number of nitrogens with one attached hydrogen (secondary N) is 1. The van der Waals surface area contributed by atoms with Crippen LogP contribution in [0.3, 0.4) is 0 Å². The predicted molar refractivity (Wildman–Crippen MR) is 84.0 cm³/mol. The molecule has 0 aliphatic heterocycles. The number of nitrogens with two attached hydrogens (primary N) is 1. The van der Waals surface area contributed by atoms with E-state index in [0.29, 0.717) is 12.2 Å². The molecule has 0 saturated carbocycles. The topological polar surface area (TPSA) is 41.3 Å². The average molecular weight is 309 g/mol. The SMILES string of the molecule is CN(C)c1ccc(CNc2ccc(C(F)(F)F)cc2N)cc1. The Kier molecular flexibility index (Phi) is 4.49. The number of alkyl halides is 3. The highest BCUT2D eigenvalue weighted by molar-refractivity contribution is 5.67.